The number of unbranched alkanes of at least 4 members (excludes halogenated alkanes) is 4. The summed E-state index contributed by atoms with van der Waals surface area (Å²) in [5, 5.41) is 0. The molecule has 2 heteroatoms. The van der Waals surface area contributed by atoms with E-state index in [0.29, 0.717) is 0 Å². The molecule has 0 rings (SSSR count). The number of rotatable bonds is 16. The Hall–Kier alpha value is -0.0800. The zero-order chi connectivity index (χ0) is 19.3. The monoisotopic (exact) mass is 356 g/mol. The summed E-state index contributed by atoms with van der Waals surface area (Å²) in [5.74, 6) is 1.81. The Kier molecular flexibility index (Phi) is 13.1. The van der Waals surface area contributed by atoms with Gasteiger partial charge in [-0.25, -0.2) is 0 Å². The summed E-state index contributed by atoms with van der Waals surface area (Å²) < 4.78 is 2.43. The van der Waals surface area contributed by atoms with Crippen LogP contribution in [0.3, 0.4) is 0 Å². The van der Waals surface area contributed by atoms with Crippen molar-refractivity contribution in [2.24, 2.45) is 11.8 Å². The van der Waals surface area contributed by atoms with E-state index in [1.165, 1.54) is 92.9 Å². The van der Waals surface area contributed by atoms with Gasteiger partial charge in [0.25, 0.3) is 0 Å². The summed E-state index contributed by atoms with van der Waals surface area (Å²) in [6.45, 7) is 14.8. The largest absolute Gasteiger partial charge is 0.328 e. The van der Waals surface area contributed by atoms with Gasteiger partial charge < -0.3 is 8.97 Å². The van der Waals surface area contributed by atoms with Crippen LogP contribution >= 0.6 is 0 Å². The van der Waals surface area contributed by atoms with Crippen LogP contribution in [-0.2, 0) is 0 Å². The Morgan fingerprint density at radius 3 is 1.04 bits per heavy atom. The average molecular weight is 357 g/mol. The van der Waals surface area contributed by atoms with Crippen molar-refractivity contribution in [1.82, 2.24) is 0 Å². The van der Waals surface area contributed by atoms with Crippen LogP contribution < -0.4 is 0 Å². The molecule has 0 unspecified atom stereocenters. The minimum absolute atomic E-state index is 0.907. The highest BCUT2D eigenvalue weighted by molar-refractivity contribution is 4.55. The lowest BCUT2D eigenvalue weighted by molar-refractivity contribution is -0.894. The molecular weight excluding hydrogens is 304 g/mol. The molecule has 0 aromatic rings. The molecule has 0 saturated carbocycles. The summed E-state index contributed by atoms with van der Waals surface area (Å²) in [7, 11) is 9.71. The molecule has 0 atom stereocenters. The normalized spacial score (nSPS) is 13.2. The number of nitrogens with zero attached hydrogens (tertiary/aromatic N) is 2. The van der Waals surface area contributed by atoms with Crippen LogP contribution in [0.1, 0.15) is 85.5 Å². The van der Waals surface area contributed by atoms with E-state index in [4.69, 9.17) is 0 Å². The first kappa shape index (κ1) is 24.9. The molecule has 0 aliphatic rings. The highest BCUT2D eigenvalue weighted by Gasteiger charge is 2.20. The van der Waals surface area contributed by atoms with Crippen LogP contribution in [-0.4, -0.2) is 63.3 Å². The zero-order valence-electron chi connectivity index (χ0n) is 19.2. The Morgan fingerprint density at radius 1 is 0.480 bits per heavy atom. The lowest BCUT2D eigenvalue weighted by atomic mass is 10.0. The highest BCUT2D eigenvalue weighted by atomic mass is 15.3. The molecule has 0 heterocycles. The lowest BCUT2D eigenvalue weighted by Gasteiger charge is -2.33. The molecule has 0 saturated heterocycles. The second-order valence-corrected chi connectivity index (χ2v) is 9.82. The second kappa shape index (κ2) is 13.1. The van der Waals surface area contributed by atoms with Crippen molar-refractivity contribution in [3.8, 4) is 0 Å². The first-order valence-electron chi connectivity index (χ1n) is 11.3. The molecular formula is C23H52N2+2. The quantitative estimate of drug-likeness (QED) is 0.236. The van der Waals surface area contributed by atoms with Crippen LogP contribution in [0, 0.1) is 11.8 Å². The van der Waals surface area contributed by atoms with Crippen molar-refractivity contribution in [3.63, 3.8) is 0 Å². The number of hydrogen-bond acceptors (Lipinski definition) is 0. The van der Waals surface area contributed by atoms with Crippen molar-refractivity contribution >= 4 is 0 Å². The van der Waals surface area contributed by atoms with Crippen LogP contribution in [0.4, 0.5) is 0 Å². The lowest BCUT2D eigenvalue weighted by Crippen LogP contribution is -2.44. The van der Waals surface area contributed by atoms with Crippen molar-refractivity contribution < 1.29 is 8.97 Å². The summed E-state index contributed by atoms with van der Waals surface area (Å²) in [5.41, 5.74) is 0. The summed E-state index contributed by atoms with van der Waals surface area (Å²) >= 11 is 0. The van der Waals surface area contributed by atoms with E-state index in [1.54, 1.807) is 0 Å². The maximum Gasteiger partial charge on any atom is 0.0810 e. The first-order valence-corrected chi connectivity index (χ1v) is 11.3. The maximum atomic E-state index is 2.43. The van der Waals surface area contributed by atoms with Gasteiger partial charge in [-0.15, -0.1) is 0 Å². The van der Waals surface area contributed by atoms with E-state index in [2.05, 4.69) is 55.9 Å². The maximum absolute atomic E-state index is 2.43. The minimum atomic E-state index is 0.907. The molecule has 0 aliphatic heterocycles. The molecule has 0 aromatic heterocycles. The third kappa shape index (κ3) is 12.8. The fourth-order valence-corrected chi connectivity index (χ4v) is 4.28. The van der Waals surface area contributed by atoms with E-state index in [-0.39, 0.29) is 0 Å². The van der Waals surface area contributed by atoms with E-state index in [1.807, 2.05) is 0 Å². The van der Waals surface area contributed by atoms with Crippen LogP contribution in [0.5, 0.6) is 0 Å². The smallest absolute Gasteiger partial charge is 0.0810 e. The molecule has 0 amide bonds. The molecule has 0 spiro atoms. The van der Waals surface area contributed by atoms with Gasteiger partial charge in [-0.05, 0) is 51.4 Å². The van der Waals surface area contributed by atoms with Gasteiger partial charge in [0.15, 0.2) is 0 Å². The van der Waals surface area contributed by atoms with Gasteiger partial charge in [0.1, 0.15) is 0 Å². The fourth-order valence-electron chi connectivity index (χ4n) is 4.28. The van der Waals surface area contributed by atoms with Crippen molar-refractivity contribution in [3.05, 3.63) is 0 Å². The number of quaternary nitrogens is 2. The van der Waals surface area contributed by atoms with Gasteiger partial charge in [-0.1, -0.05) is 34.1 Å². The van der Waals surface area contributed by atoms with E-state index in [9.17, 15) is 0 Å². The van der Waals surface area contributed by atoms with E-state index >= 15 is 0 Å². The third-order valence-corrected chi connectivity index (χ3v) is 6.34. The topological polar surface area (TPSA) is 0 Å². The molecule has 0 N–H and O–H groups in total. The van der Waals surface area contributed by atoms with Crippen molar-refractivity contribution in [2.45, 2.75) is 85.5 Å². The predicted octanol–water partition coefficient (Wildman–Crippen LogP) is 5.96. The number of hydrogen-bond donors (Lipinski definition) is 0. The summed E-state index contributed by atoms with van der Waals surface area (Å²) in [6.07, 6.45) is 12.4. The van der Waals surface area contributed by atoms with Gasteiger partial charge >= 0.3 is 0 Å². The van der Waals surface area contributed by atoms with Crippen molar-refractivity contribution in [2.75, 3.05) is 54.4 Å². The Bertz CT molecular complexity index is 271. The predicted molar refractivity (Wildman–Crippen MR) is 115 cm³/mol. The fraction of sp³-hybridized carbons (Fsp3) is 1.00. The SMILES string of the molecule is CCC(CC)C[N+](C)(C)CCCCCCC[N+](C)(C)CC(CC)CC. The van der Waals surface area contributed by atoms with Crippen LogP contribution in [0.15, 0.2) is 0 Å². The molecule has 152 valence electrons. The second-order valence-electron chi connectivity index (χ2n) is 9.82. The minimum Gasteiger partial charge on any atom is -0.328 e. The third-order valence-electron chi connectivity index (χ3n) is 6.34. The van der Waals surface area contributed by atoms with E-state index in [0.717, 1.165) is 11.8 Å². The molecule has 0 radical (unpaired) electrons. The van der Waals surface area contributed by atoms with E-state index < -0.39 is 0 Å². The Labute approximate surface area is 161 Å². The average Bonchev–Trinajstić information content (AvgIpc) is 2.56. The van der Waals surface area contributed by atoms with Gasteiger partial charge in [0, 0.05) is 11.8 Å². The Balaban J connectivity index is 3.82. The summed E-state index contributed by atoms with van der Waals surface area (Å²) in [6, 6.07) is 0. The standard InChI is InChI=1S/C23H52N2/c1-9-22(10-2)20-24(5,6)18-16-14-13-15-17-19-25(7,8)21-23(11-3)12-4/h22-23H,9-21H2,1-8H3/q+2. The Morgan fingerprint density at radius 2 is 0.760 bits per heavy atom. The van der Waals surface area contributed by atoms with Gasteiger partial charge in [0.2, 0.25) is 0 Å². The molecule has 2 nitrogen and oxygen atoms in total. The molecule has 0 aromatic carbocycles. The zero-order valence-corrected chi connectivity index (χ0v) is 19.2. The molecule has 0 bridgehead atoms. The van der Waals surface area contributed by atoms with Gasteiger partial charge in [0.05, 0.1) is 54.4 Å². The highest BCUT2D eigenvalue weighted by Crippen LogP contribution is 2.16. The molecule has 0 aliphatic carbocycles. The van der Waals surface area contributed by atoms with Gasteiger partial charge in [-0.3, -0.25) is 0 Å². The summed E-state index contributed by atoms with van der Waals surface area (Å²) in [4.78, 5) is 0. The molecule has 0 fully saturated rings. The molecule has 25 heavy (non-hydrogen) atoms. The van der Waals surface area contributed by atoms with Gasteiger partial charge in [-0.2, -0.15) is 0 Å². The van der Waals surface area contributed by atoms with Crippen LogP contribution in [0.2, 0.25) is 0 Å². The van der Waals surface area contributed by atoms with Crippen LogP contribution in [0.25, 0.3) is 0 Å². The van der Waals surface area contributed by atoms with Crippen molar-refractivity contribution in [1.29, 1.82) is 0 Å². The first-order chi connectivity index (χ1) is 11.7.